The van der Waals surface area contributed by atoms with E-state index in [9.17, 15) is 10.2 Å². The van der Waals surface area contributed by atoms with Gasteiger partial charge in [0, 0.05) is 0 Å². The molecule has 3 unspecified atom stereocenters. The molecule has 17 heavy (non-hydrogen) atoms. The van der Waals surface area contributed by atoms with Gasteiger partial charge in [0.25, 0.3) is 0 Å². The van der Waals surface area contributed by atoms with Gasteiger partial charge in [-0.25, -0.2) is 0 Å². The topological polar surface area (TPSA) is 40.5 Å². The molecule has 2 nitrogen and oxygen atoms in total. The first-order valence-electron chi connectivity index (χ1n) is 6.82. The molecule has 0 amide bonds. The Bertz CT molecular complexity index is 343. The zero-order valence-electron chi connectivity index (χ0n) is 11.6. The summed E-state index contributed by atoms with van der Waals surface area (Å²) in [5.41, 5.74) is 2.49. The average molecular weight is 238 g/mol. The van der Waals surface area contributed by atoms with Gasteiger partial charge in [0.1, 0.15) is 0 Å². The summed E-state index contributed by atoms with van der Waals surface area (Å²) < 4.78 is 0. The Morgan fingerprint density at radius 1 is 1.24 bits per heavy atom. The maximum absolute atomic E-state index is 10.2. The van der Waals surface area contributed by atoms with Crippen LogP contribution in [-0.4, -0.2) is 22.9 Å². The van der Waals surface area contributed by atoms with Crippen molar-refractivity contribution in [1.29, 1.82) is 0 Å². The third kappa shape index (κ3) is 1.86. The Balaban J connectivity index is 2.48. The number of hydrogen-bond donors (Lipinski definition) is 2. The lowest BCUT2D eigenvalue weighted by Gasteiger charge is -2.55. The molecule has 2 aliphatic rings. The monoisotopic (exact) mass is 238 g/mol. The van der Waals surface area contributed by atoms with Crippen molar-refractivity contribution < 1.29 is 10.2 Å². The van der Waals surface area contributed by atoms with Crippen LogP contribution in [0.25, 0.3) is 0 Å². The molecule has 0 aliphatic heterocycles. The van der Waals surface area contributed by atoms with E-state index in [0.29, 0.717) is 5.92 Å². The van der Waals surface area contributed by atoms with E-state index in [1.54, 1.807) is 0 Å². The predicted octanol–water partition coefficient (Wildman–Crippen LogP) is 2.89. The Morgan fingerprint density at radius 3 is 2.47 bits per heavy atom. The Hall–Kier alpha value is -0.340. The minimum absolute atomic E-state index is 0.0970. The van der Waals surface area contributed by atoms with Crippen LogP contribution < -0.4 is 0 Å². The zero-order valence-corrected chi connectivity index (χ0v) is 11.6. The molecule has 0 radical (unpaired) electrons. The van der Waals surface area contributed by atoms with Gasteiger partial charge in [-0.05, 0) is 54.1 Å². The van der Waals surface area contributed by atoms with Crippen LogP contribution in [0.4, 0.5) is 0 Å². The van der Waals surface area contributed by atoms with E-state index in [1.165, 1.54) is 12.8 Å². The predicted molar refractivity (Wildman–Crippen MR) is 69.6 cm³/mol. The summed E-state index contributed by atoms with van der Waals surface area (Å²) in [6.07, 6.45) is 4.12. The van der Waals surface area contributed by atoms with E-state index < -0.39 is 0 Å². The first kappa shape index (κ1) is 13.1. The average Bonchev–Trinajstić information content (AvgIpc) is 2.22. The summed E-state index contributed by atoms with van der Waals surface area (Å²) in [5.74, 6) is 0.490. The second kappa shape index (κ2) is 4.10. The molecule has 1 saturated carbocycles. The summed E-state index contributed by atoms with van der Waals surface area (Å²) in [5, 5.41) is 19.9. The molecular weight excluding hydrogens is 212 g/mol. The maximum Gasteiger partial charge on any atom is 0.0754 e. The summed E-state index contributed by atoms with van der Waals surface area (Å²) >= 11 is 0. The Morgan fingerprint density at radius 2 is 1.88 bits per heavy atom. The van der Waals surface area contributed by atoms with E-state index in [1.807, 2.05) is 6.92 Å². The van der Waals surface area contributed by atoms with Crippen LogP contribution in [0.1, 0.15) is 53.4 Å². The van der Waals surface area contributed by atoms with Crippen LogP contribution in [0.15, 0.2) is 11.1 Å². The molecule has 0 aromatic heterocycles. The van der Waals surface area contributed by atoms with Crippen molar-refractivity contribution in [3.05, 3.63) is 11.1 Å². The number of hydrogen-bond acceptors (Lipinski definition) is 2. The van der Waals surface area contributed by atoms with Crippen molar-refractivity contribution in [3.8, 4) is 0 Å². The normalized spacial score (nSPS) is 41.3. The summed E-state index contributed by atoms with van der Waals surface area (Å²) in [7, 11) is 0. The van der Waals surface area contributed by atoms with Gasteiger partial charge in [-0.3, -0.25) is 0 Å². The minimum Gasteiger partial charge on any atom is -0.392 e. The minimum atomic E-state index is -0.354. The summed E-state index contributed by atoms with van der Waals surface area (Å²) in [6.45, 7) is 9.01. The van der Waals surface area contributed by atoms with Crippen LogP contribution in [0.5, 0.6) is 0 Å². The molecular formula is C15H26O2. The van der Waals surface area contributed by atoms with E-state index in [0.717, 1.165) is 24.0 Å². The lowest BCUT2D eigenvalue weighted by molar-refractivity contribution is -0.0245. The van der Waals surface area contributed by atoms with Gasteiger partial charge in [0.15, 0.2) is 0 Å². The molecule has 2 N–H and O–H groups in total. The van der Waals surface area contributed by atoms with Crippen molar-refractivity contribution in [1.82, 2.24) is 0 Å². The SMILES string of the molecule is CC1=C(CO)C2(C)CCCC(C)(C)C2CC1O. The summed E-state index contributed by atoms with van der Waals surface area (Å²) in [4.78, 5) is 0. The molecule has 98 valence electrons. The molecule has 2 aliphatic carbocycles. The highest BCUT2D eigenvalue weighted by Crippen LogP contribution is 2.59. The maximum atomic E-state index is 10.2. The lowest BCUT2D eigenvalue weighted by atomic mass is 9.50. The van der Waals surface area contributed by atoms with Gasteiger partial charge < -0.3 is 10.2 Å². The van der Waals surface area contributed by atoms with E-state index in [2.05, 4.69) is 20.8 Å². The number of fused-ring (bicyclic) bond motifs is 1. The second-order valence-corrected chi connectivity index (χ2v) is 6.88. The smallest absolute Gasteiger partial charge is 0.0754 e. The van der Waals surface area contributed by atoms with Gasteiger partial charge in [-0.1, -0.05) is 27.2 Å². The number of aliphatic hydroxyl groups excluding tert-OH is 2. The highest BCUT2D eigenvalue weighted by molar-refractivity contribution is 5.30. The first-order chi connectivity index (χ1) is 7.83. The zero-order chi connectivity index (χ0) is 12.8. The largest absolute Gasteiger partial charge is 0.392 e. The highest BCUT2D eigenvalue weighted by atomic mass is 16.3. The fraction of sp³-hybridized carbons (Fsp3) is 0.867. The molecule has 0 aromatic rings. The van der Waals surface area contributed by atoms with Crippen molar-refractivity contribution in [2.24, 2.45) is 16.7 Å². The van der Waals surface area contributed by atoms with Gasteiger partial charge in [-0.2, -0.15) is 0 Å². The molecule has 2 rings (SSSR count). The standard InChI is InChI=1S/C15H26O2/c1-10-11(9-16)15(4)7-5-6-14(2,3)13(15)8-12(10)17/h12-13,16-17H,5-9H2,1-4H3. The second-order valence-electron chi connectivity index (χ2n) is 6.88. The highest BCUT2D eigenvalue weighted by Gasteiger charge is 2.51. The first-order valence-corrected chi connectivity index (χ1v) is 6.82. The molecule has 0 heterocycles. The van der Waals surface area contributed by atoms with Crippen molar-refractivity contribution in [3.63, 3.8) is 0 Å². The molecule has 0 saturated heterocycles. The third-order valence-corrected chi connectivity index (χ3v) is 5.51. The van der Waals surface area contributed by atoms with Crippen LogP contribution in [0.3, 0.4) is 0 Å². The Labute approximate surface area is 105 Å². The fourth-order valence-electron chi connectivity index (χ4n) is 4.42. The third-order valence-electron chi connectivity index (χ3n) is 5.51. The lowest BCUT2D eigenvalue weighted by Crippen LogP contribution is -2.49. The van der Waals surface area contributed by atoms with Gasteiger partial charge in [0.2, 0.25) is 0 Å². The van der Waals surface area contributed by atoms with Gasteiger partial charge >= 0.3 is 0 Å². The molecule has 3 atom stereocenters. The molecule has 0 spiro atoms. The van der Waals surface area contributed by atoms with Crippen molar-refractivity contribution in [2.45, 2.75) is 59.5 Å². The molecule has 0 bridgehead atoms. The fourth-order valence-corrected chi connectivity index (χ4v) is 4.42. The van der Waals surface area contributed by atoms with Gasteiger partial charge in [-0.15, -0.1) is 0 Å². The van der Waals surface area contributed by atoms with E-state index in [-0.39, 0.29) is 23.5 Å². The van der Waals surface area contributed by atoms with Crippen LogP contribution >= 0.6 is 0 Å². The quantitative estimate of drug-likeness (QED) is 0.690. The Kier molecular flexibility index (Phi) is 3.16. The van der Waals surface area contributed by atoms with Crippen molar-refractivity contribution >= 4 is 0 Å². The van der Waals surface area contributed by atoms with Crippen LogP contribution in [-0.2, 0) is 0 Å². The van der Waals surface area contributed by atoms with Crippen molar-refractivity contribution in [2.75, 3.05) is 6.61 Å². The van der Waals surface area contributed by atoms with Gasteiger partial charge in [0.05, 0.1) is 12.7 Å². The van der Waals surface area contributed by atoms with Crippen LogP contribution in [0.2, 0.25) is 0 Å². The number of aliphatic hydroxyl groups is 2. The molecule has 2 heteroatoms. The summed E-state index contributed by atoms with van der Waals surface area (Å²) in [6, 6.07) is 0. The molecule has 0 aromatic carbocycles. The molecule has 1 fully saturated rings. The van der Waals surface area contributed by atoms with E-state index >= 15 is 0 Å². The number of rotatable bonds is 1. The van der Waals surface area contributed by atoms with E-state index in [4.69, 9.17) is 0 Å². The van der Waals surface area contributed by atoms with Crippen LogP contribution in [0, 0.1) is 16.7 Å².